The summed E-state index contributed by atoms with van der Waals surface area (Å²) in [4.78, 5) is 63.0. The zero-order valence-electron chi connectivity index (χ0n) is 26.2. The monoisotopic (exact) mass is 602 g/mol. The molecule has 3 unspecified atom stereocenters. The van der Waals surface area contributed by atoms with E-state index in [1.54, 1.807) is 43.5 Å². The largest absolute Gasteiger partial charge is 0.444 e. The van der Waals surface area contributed by atoms with Gasteiger partial charge in [-0.25, -0.2) is 24.7 Å². The maximum Gasteiger partial charge on any atom is 0.410 e. The fourth-order valence-corrected chi connectivity index (χ4v) is 7.00. The summed E-state index contributed by atoms with van der Waals surface area (Å²) in [7, 11) is 3.49. The number of fused-ring (bicyclic) bond motifs is 3. The first-order chi connectivity index (χ1) is 21.0. The van der Waals surface area contributed by atoms with Crippen LogP contribution in [0.2, 0.25) is 0 Å². The summed E-state index contributed by atoms with van der Waals surface area (Å²) in [6.45, 7) is 6.65. The number of nitrogens with zero attached hydrogens (tertiary/aromatic N) is 7. The molecule has 2 aromatic rings. The summed E-state index contributed by atoms with van der Waals surface area (Å²) < 4.78 is 5.67. The van der Waals surface area contributed by atoms with Crippen LogP contribution in [0.5, 0.6) is 0 Å². The highest BCUT2D eigenvalue weighted by atomic mass is 16.6. The van der Waals surface area contributed by atoms with E-state index in [1.165, 1.54) is 0 Å². The SMILES string of the molecule is CN(C)C(=O)C1=Nc2cnc(Nc3ccc(C(=O)N4CCC5CCC(C4)N5C(=O)OC(C)(C)C)cn3)nc2C1C1CCCC1. The lowest BCUT2D eigenvalue weighted by atomic mass is 9.84. The van der Waals surface area contributed by atoms with Crippen LogP contribution in [0.3, 0.4) is 0 Å². The molecule has 12 heteroatoms. The van der Waals surface area contributed by atoms with Crippen LogP contribution in [-0.4, -0.2) is 98.1 Å². The van der Waals surface area contributed by atoms with E-state index >= 15 is 0 Å². The number of carbonyl (C=O) groups is 3. The minimum Gasteiger partial charge on any atom is -0.444 e. The normalized spacial score (nSPS) is 23.2. The van der Waals surface area contributed by atoms with E-state index in [4.69, 9.17) is 9.72 Å². The van der Waals surface area contributed by atoms with E-state index in [2.05, 4.69) is 20.3 Å². The van der Waals surface area contributed by atoms with Gasteiger partial charge >= 0.3 is 6.09 Å². The van der Waals surface area contributed by atoms with Gasteiger partial charge in [-0.15, -0.1) is 0 Å². The van der Waals surface area contributed by atoms with Crippen LogP contribution >= 0.6 is 0 Å². The van der Waals surface area contributed by atoms with Crippen LogP contribution in [0.25, 0.3) is 0 Å². The molecule has 5 heterocycles. The first-order valence-corrected chi connectivity index (χ1v) is 15.7. The number of hydrogen-bond donors (Lipinski definition) is 1. The highest BCUT2D eigenvalue weighted by Gasteiger charge is 2.43. The molecule has 1 N–H and O–H groups in total. The highest BCUT2D eigenvalue weighted by Crippen LogP contribution is 2.45. The molecule has 0 spiro atoms. The van der Waals surface area contributed by atoms with Gasteiger partial charge in [-0.3, -0.25) is 9.59 Å². The van der Waals surface area contributed by atoms with E-state index in [-0.39, 0.29) is 35.9 Å². The number of pyridine rings is 1. The second-order valence-corrected chi connectivity index (χ2v) is 13.6. The number of ether oxygens (including phenoxy) is 1. The summed E-state index contributed by atoms with van der Waals surface area (Å²) in [5.41, 5.74) is 1.88. The molecule has 3 atom stereocenters. The zero-order valence-corrected chi connectivity index (χ0v) is 26.2. The molecule has 0 radical (unpaired) electrons. The third-order valence-electron chi connectivity index (χ3n) is 9.05. The Morgan fingerprint density at radius 3 is 2.41 bits per heavy atom. The van der Waals surface area contributed by atoms with Gasteiger partial charge in [0.1, 0.15) is 22.8 Å². The number of carbonyl (C=O) groups excluding carboxylic acids is 3. The Morgan fingerprint density at radius 1 is 0.977 bits per heavy atom. The molecular formula is C32H42N8O4. The second kappa shape index (κ2) is 11.8. The van der Waals surface area contributed by atoms with Crippen molar-refractivity contribution < 1.29 is 19.1 Å². The number of aliphatic imine (C=N–C) groups is 1. The summed E-state index contributed by atoms with van der Waals surface area (Å²) in [6, 6.07) is 3.52. The minimum absolute atomic E-state index is 0.0577. The molecule has 2 aromatic heterocycles. The Balaban J connectivity index is 1.13. The Labute approximate surface area is 258 Å². The molecular weight excluding hydrogens is 560 g/mol. The van der Waals surface area contributed by atoms with Crippen molar-refractivity contribution in [2.24, 2.45) is 10.9 Å². The fourth-order valence-electron chi connectivity index (χ4n) is 7.00. The molecule has 2 saturated heterocycles. The van der Waals surface area contributed by atoms with E-state index in [0.29, 0.717) is 47.7 Å². The van der Waals surface area contributed by atoms with Crippen LogP contribution in [-0.2, 0) is 9.53 Å². The predicted molar refractivity (Wildman–Crippen MR) is 165 cm³/mol. The van der Waals surface area contributed by atoms with Crippen molar-refractivity contribution in [1.82, 2.24) is 29.7 Å². The van der Waals surface area contributed by atoms with Crippen LogP contribution in [0.15, 0.2) is 29.5 Å². The summed E-state index contributed by atoms with van der Waals surface area (Å²) in [6.07, 6.45) is 9.81. The lowest BCUT2D eigenvalue weighted by molar-refractivity contribution is -0.122. The van der Waals surface area contributed by atoms with Crippen molar-refractivity contribution in [1.29, 1.82) is 0 Å². The molecule has 3 aliphatic heterocycles. The Morgan fingerprint density at radius 2 is 1.73 bits per heavy atom. The van der Waals surface area contributed by atoms with Gasteiger partial charge in [0, 0.05) is 39.4 Å². The molecule has 44 heavy (non-hydrogen) atoms. The summed E-state index contributed by atoms with van der Waals surface area (Å²) >= 11 is 0. The number of hydrogen-bond acceptors (Lipinski definition) is 9. The van der Waals surface area contributed by atoms with Gasteiger partial charge in [-0.1, -0.05) is 12.8 Å². The van der Waals surface area contributed by atoms with Crippen molar-refractivity contribution in [3.63, 3.8) is 0 Å². The number of likely N-dealkylation sites (tertiary alicyclic amines) is 1. The first-order valence-electron chi connectivity index (χ1n) is 15.7. The predicted octanol–water partition coefficient (Wildman–Crippen LogP) is 4.68. The van der Waals surface area contributed by atoms with E-state index in [0.717, 1.165) is 50.6 Å². The number of aromatic nitrogens is 3. The van der Waals surface area contributed by atoms with Crippen LogP contribution < -0.4 is 5.32 Å². The number of amides is 3. The quantitative estimate of drug-likeness (QED) is 0.522. The zero-order chi connectivity index (χ0) is 31.2. The molecule has 4 aliphatic rings. The molecule has 12 nitrogen and oxygen atoms in total. The molecule has 2 bridgehead atoms. The Kier molecular flexibility index (Phi) is 8.02. The summed E-state index contributed by atoms with van der Waals surface area (Å²) in [5.74, 6) is 0.867. The lowest BCUT2D eigenvalue weighted by Crippen LogP contribution is -2.46. The molecule has 1 aliphatic carbocycles. The standard InChI is InChI=1S/C32H42N8O4/c1-32(2,3)44-31(43)40-21-11-12-22(40)18-39(15-14-21)28(41)20-10-13-24(33-16-20)36-30-34-17-23-26(37-30)25(19-8-6-7-9-19)27(35-23)29(42)38(4)5/h10,13,16-17,19,21-22,25H,6-9,11-12,14-15,18H2,1-5H3,(H,33,34,36,37). The van der Waals surface area contributed by atoms with Gasteiger partial charge in [0.2, 0.25) is 5.95 Å². The smallest absolute Gasteiger partial charge is 0.410 e. The van der Waals surface area contributed by atoms with Crippen LogP contribution in [0.4, 0.5) is 22.2 Å². The van der Waals surface area contributed by atoms with Crippen molar-refractivity contribution >= 4 is 41.1 Å². The molecule has 6 rings (SSSR count). The second-order valence-electron chi connectivity index (χ2n) is 13.6. The highest BCUT2D eigenvalue weighted by molar-refractivity contribution is 6.42. The summed E-state index contributed by atoms with van der Waals surface area (Å²) in [5, 5.41) is 3.16. The van der Waals surface area contributed by atoms with Crippen molar-refractivity contribution in [3.05, 3.63) is 35.8 Å². The number of rotatable bonds is 5. The van der Waals surface area contributed by atoms with Gasteiger partial charge in [-0.2, -0.15) is 0 Å². The maximum absolute atomic E-state index is 13.5. The Bertz CT molecular complexity index is 1460. The molecule has 3 fully saturated rings. The molecule has 3 amide bonds. The topological polar surface area (TPSA) is 133 Å². The fraction of sp³-hybridized carbons (Fsp3) is 0.594. The third kappa shape index (κ3) is 5.98. The van der Waals surface area contributed by atoms with E-state index in [1.807, 2.05) is 30.6 Å². The Hall–Kier alpha value is -4.09. The van der Waals surface area contributed by atoms with Crippen LogP contribution in [0.1, 0.15) is 87.7 Å². The molecule has 1 saturated carbocycles. The molecule has 234 valence electrons. The average molecular weight is 603 g/mol. The van der Waals surface area contributed by atoms with Gasteiger partial charge < -0.3 is 24.8 Å². The van der Waals surface area contributed by atoms with Gasteiger partial charge in [0.05, 0.1) is 29.4 Å². The molecule has 0 aromatic carbocycles. The van der Waals surface area contributed by atoms with Crippen LogP contribution in [0, 0.1) is 5.92 Å². The average Bonchev–Trinajstić information content (AvgIpc) is 3.68. The third-order valence-corrected chi connectivity index (χ3v) is 9.05. The van der Waals surface area contributed by atoms with Crippen molar-refractivity contribution in [2.45, 2.75) is 89.3 Å². The van der Waals surface area contributed by atoms with E-state index < -0.39 is 5.60 Å². The van der Waals surface area contributed by atoms with Gasteiger partial charge in [-0.05, 0) is 70.9 Å². The van der Waals surface area contributed by atoms with Crippen molar-refractivity contribution in [2.75, 3.05) is 32.5 Å². The van der Waals surface area contributed by atoms with Gasteiger partial charge in [0.15, 0.2) is 0 Å². The van der Waals surface area contributed by atoms with Gasteiger partial charge in [0.25, 0.3) is 11.8 Å². The first kappa shape index (κ1) is 30.0. The minimum atomic E-state index is -0.565. The van der Waals surface area contributed by atoms with Crippen molar-refractivity contribution in [3.8, 4) is 0 Å². The lowest BCUT2D eigenvalue weighted by Gasteiger charge is -2.31. The number of nitrogens with one attached hydrogen (secondary N) is 1. The maximum atomic E-state index is 13.5. The van der Waals surface area contributed by atoms with E-state index in [9.17, 15) is 14.4 Å². The number of anilines is 2.